The van der Waals surface area contributed by atoms with Gasteiger partial charge in [-0.1, -0.05) is 12.1 Å². The lowest BCUT2D eigenvalue weighted by Crippen LogP contribution is -2.24. The summed E-state index contributed by atoms with van der Waals surface area (Å²) in [7, 11) is 1.86. The minimum absolute atomic E-state index is 0.0240. The molecule has 0 aliphatic rings. The number of rotatable bonds is 5. The Morgan fingerprint density at radius 1 is 1.22 bits per heavy atom. The van der Waals surface area contributed by atoms with Crippen LogP contribution in [0, 0.1) is 0 Å². The number of thiazole rings is 2. The van der Waals surface area contributed by atoms with Crippen LogP contribution in [0.15, 0.2) is 40.9 Å². The van der Waals surface area contributed by atoms with Gasteiger partial charge in [-0.2, -0.15) is 10.2 Å². The van der Waals surface area contributed by atoms with Gasteiger partial charge in [0.05, 0.1) is 51.8 Å². The molecule has 6 rings (SSSR count). The number of aryl methyl sites for hydroxylation is 1. The molecular formula is C21H17N7O2S2. The largest absolute Gasteiger partial charge is 0.391 e. The van der Waals surface area contributed by atoms with E-state index in [2.05, 4.69) is 20.3 Å². The van der Waals surface area contributed by atoms with Crippen molar-refractivity contribution in [1.29, 1.82) is 0 Å². The zero-order chi connectivity index (χ0) is 21.8. The molecule has 0 aliphatic carbocycles. The van der Waals surface area contributed by atoms with Crippen LogP contribution in [-0.4, -0.2) is 39.6 Å². The van der Waals surface area contributed by atoms with Crippen LogP contribution in [0.25, 0.3) is 32.2 Å². The molecule has 0 amide bonds. The van der Waals surface area contributed by atoms with Crippen molar-refractivity contribution in [2.75, 3.05) is 0 Å². The number of fused-ring (bicyclic) bond motifs is 4. The van der Waals surface area contributed by atoms with E-state index in [0.29, 0.717) is 18.5 Å². The molecular weight excluding hydrogens is 446 g/mol. The number of aliphatic hydroxyl groups is 1. The van der Waals surface area contributed by atoms with Crippen LogP contribution in [0.1, 0.15) is 21.1 Å². The number of hydrogen-bond donors (Lipinski definition) is 2. The van der Waals surface area contributed by atoms with Crippen LogP contribution in [0.3, 0.4) is 0 Å². The number of benzene rings is 1. The molecule has 9 nitrogen and oxygen atoms in total. The lowest BCUT2D eigenvalue weighted by molar-refractivity contribution is 0.284. The normalized spacial score (nSPS) is 11.9. The molecule has 160 valence electrons. The van der Waals surface area contributed by atoms with Gasteiger partial charge in [-0.3, -0.25) is 9.89 Å². The van der Waals surface area contributed by atoms with Gasteiger partial charge in [0.15, 0.2) is 5.65 Å². The van der Waals surface area contributed by atoms with Gasteiger partial charge in [0.25, 0.3) is 5.56 Å². The first-order chi connectivity index (χ1) is 15.6. The number of H-pyrrole nitrogens is 1. The van der Waals surface area contributed by atoms with Crippen LogP contribution >= 0.6 is 22.7 Å². The molecule has 0 aliphatic heterocycles. The smallest absolute Gasteiger partial charge is 0.291 e. The molecule has 0 spiro atoms. The molecule has 0 unspecified atom stereocenters. The summed E-state index contributed by atoms with van der Waals surface area (Å²) in [4.78, 5) is 23.3. The van der Waals surface area contributed by atoms with E-state index < -0.39 is 0 Å². The molecule has 6 aromatic rings. The van der Waals surface area contributed by atoms with Crippen LogP contribution in [0.2, 0.25) is 0 Å². The zero-order valence-electron chi connectivity index (χ0n) is 16.9. The lowest BCUT2D eigenvalue weighted by atomic mass is 10.1. The standard InChI is InChI=1S/C21H17N7O2S2/c1-27-18-13(19-20(27)25-17(32-19)5-15-16(9-29)31-10-22-15)7-24-28(21(18)30)8-11-3-2-4-14-12(11)6-23-26-14/h2-4,6-7,10,29H,5,8-9H2,1H3,(H,23,26). The van der Waals surface area contributed by atoms with Gasteiger partial charge in [0.2, 0.25) is 0 Å². The molecule has 11 heteroatoms. The molecule has 5 aromatic heterocycles. The molecule has 0 fully saturated rings. The number of hydrogen-bond acceptors (Lipinski definition) is 8. The van der Waals surface area contributed by atoms with Crippen molar-refractivity contribution < 1.29 is 5.11 Å². The molecule has 0 saturated heterocycles. The van der Waals surface area contributed by atoms with Gasteiger partial charge in [0, 0.05) is 24.2 Å². The number of aromatic amines is 1. The highest BCUT2D eigenvalue weighted by atomic mass is 32.1. The van der Waals surface area contributed by atoms with E-state index in [4.69, 9.17) is 4.98 Å². The third-order valence-electron chi connectivity index (χ3n) is 5.65. The predicted molar refractivity (Wildman–Crippen MR) is 124 cm³/mol. The highest BCUT2D eigenvalue weighted by Gasteiger charge is 2.19. The zero-order valence-corrected chi connectivity index (χ0v) is 18.6. The fourth-order valence-electron chi connectivity index (χ4n) is 4.06. The van der Waals surface area contributed by atoms with Crippen LogP contribution in [-0.2, 0) is 26.6 Å². The predicted octanol–water partition coefficient (Wildman–Crippen LogP) is 2.81. The maximum Gasteiger partial charge on any atom is 0.291 e. The van der Waals surface area contributed by atoms with Crippen molar-refractivity contribution in [3.8, 4) is 0 Å². The first-order valence-electron chi connectivity index (χ1n) is 9.91. The van der Waals surface area contributed by atoms with Crippen LogP contribution < -0.4 is 5.56 Å². The summed E-state index contributed by atoms with van der Waals surface area (Å²) in [5.41, 5.74) is 5.68. The second-order valence-corrected chi connectivity index (χ2v) is 9.52. The fourth-order valence-corrected chi connectivity index (χ4v) is 5.81. The third kappa shape index (κ3) is 2.89. The van der Waals surface area contributed by atoms with E-state index >= 15 is 0 Å². The van der Waals surface area contributed by atoms with E-state index in [1.54, 1.807) is 17.9 Å². The highest BCUT2D eigenvalue weighted by molar-refractivity contribution is 7.19. The summed E-state index contributed by atoms with van der Waals surface area (Å²) in [5.74, 6) is 0. The second-order valence-electron chi connectivity index (χ2n) is 7.49. The van der Waals surface area contributed by atoms with Gasteiger partial charge in [-0.05, 0) is 11.6 Å². The van der Waals surface area contributed by atoms with Crippen molar-refractivity contribution >= 4 is 54.8 Å². The summed E-state index contributed by atoms with van der Waals surface area (Å²) in [6.45, 7) is 0.334. The Kier molecular flexibility index (Phi) is 4.42. The van der Waals surface area contributed by atoms with Gasteiger partial charge >= 0.3 is 0 Å². The van der Waals surface area contributed by atoms with Gasteiger partial charge < -0.3 is 9.67 Å². The Labute approximate surface area is 188 Å². The summed E-state index contributed by atoms with van der Waals surface area (Å²) in [5, 5.41) is 23.7. The first-order valence-corrected chi connectivity index (χ1v) is 11.6. The summed E-state index contributed by atoms with van der Waals surface area (Å²) in [6.07, 6.45) is 4.07. The Bertz CT molecular complexity index is 1670. The number of nitrogens with one attached hydrogen (secondary N) is 1. The van der Waals surface area contributed by atoms with Gasteiger partial charge in [0.1, 0.15) is 10.5 Å². The number of aliphatic hydroxyl groups excluding tert-OH is 1. The molecule has 0 radical (unpaired) electrons. The fraction of sp³-hybridized carbons (Fsp3) is 0.190. The summed E-state index contributed by atoms with van der Waals surface area (Å²) in [6, 6.07) is 5.87. The van der Waals surface area contributed by atoms with Crippen LogP contribution in [0.4, 0.5) is 0 Å². The minimum atomic E-state index is -0.153. The number of aromatic nitrogens is 7. The average Bonchev–Trinajstić information content (AvgIpc) is 3.57. The monoisotopic (exact) mass is 463 g/mol. The van der Waals surface area contributed by atoms with E-state index in [1.807, 2.05) is 29.8 Å². The van der Waals surface area contributed by atoms with Crippen molar-refractivity contribution in [1.82, 2.24) is 34.5 Å². The molecule has 0 saturated carbocycles. The topological polar surface area (TPSA) is 115 Å². The molecule has 5 heterocycles. The van der Waals surface area contributed by atoms with Crippen molar-refractivity contribution in [3.63, 3.8) is 0 Å². The van der Waals surface area contributed by atoms with Crippen molar-refractivity contribution in [3.05, 3.63) is 67.6 Å². The first kappa shape index (κ1) is 19.3. The van der Waals surface area contributed by atoms with Crippen LogP contribution in [0.5, 0.6) is 0 Å². The van der Waals surface area contributed by atoms with Crippen molar-refractivity contribution in [2.45, 2.75) is 19.6 Å². The van der Waals surface area contributed by atoms with E-state index in [9.17, 15) is 9.90 Å². The molecule has 1 aromatic carbocycles. The Morgan fingerprint density at radius 2 is 2.12 bits per heavy atom. The quantitative estimate of drug-likeness (QED) is 0.406. The Hall–Kier alpha value is -3.41. The SMILES string of the molecule is Cn1c2nc(Cc3ncsc3CO)sc2c2cnn(Cc3cccc4[nH]ncc34)c(=O)c21. The molecule has 0 atom stereocenters. The molecule has 32 heavy (non-hydrogen) atoms. The highest BCUT2D eigenvalue weighted by Crippen LogP contribution is 2.32. The second kappa shape index (κ2) is 7.33. The van der Waals surface area contributed by atoms with Gasteiger partial charge in [-0.15, -0.1) is 22.7 Å². The minimum Gasteiger partial charge on any atom is -0.391 e. The maximum atomic E-state index is 13.3. The Morgan fingerprint density at radius 3 is 3.00 bits per heavy atom. The molecule has 0 bridgehead atoms. The molecule has 2 N–H and O–H groups in total. The Balaban J connectivity index is 1.42. The lowest BCUT2D eigenvalue weighted by Gasteiger charge is -2.07. The van der Waals surface area contributed by atoms with Gasteiger partial charge in [-0.25, -0.2) is 14.6 Å². The maximum absolute atomic E-state index is 13.3. The van der Waals surface area contributed by atoms with E-state index in [1.165, 1.54) is 27.4 Å². The number of nitrogens with zero attached hydrogens (tertiary/aromatic N) is 6. The van der Waals surface area contributed by atoms with Crippen molar-refractivity contribution in [2.24, 2.45) is 7.05 Å². The van der Waals surface area contributed by atoms with E-state index in [-0.39, 0.29) is 12.2 Å². The average molecular weight is 464 g/mol. The summed E-state index contributed by atoms with van der Waals surface area (Å²) < 4.78 is 4.27. The third-order valence-corrected chi connectivity index (χ3v) is 7.59. The summed E-state index contributed by atoms with van der Waals surface area (Å²) >= 11 is 2.98. The van der Waals surface area contributed by atoms with E-state index in [0.717, 1.165) is 47.8 Å².